The van der Waals surface area contributed by atoms with Gasteiger partial charge in [-0.25, -0.2) is 9.97 Å². The van der Waals surface area contributed by atoms with Crippen LogP contribution in [0.4, 0.5) is 5.82 Å². The number of hydrogen-bond acceptors (Lipinski definition) is 5. The van der Waals surface area contributed by atoms with Crippen molar-refractivity contribution in [1.82, 2.24) is 14.5 Å². The fourth-order valence-electron chi connectivity index (χ4n) is 4.91. The maximum absolute atomic E-state index is 6.50. The Kier molecular flexibility index (Phi) is 5.58. The number of rotatable bonds is 6. The van der Waals surface area contributed by atoms with E-state index in [-0.39, 0.29) is 6.10 Å². The van der Waals surface area contributed by atoms with E-state index in [1.165, 1.54) is 36.6 Å². The van der Waals surface area contributed by atoms with Gasteiger partial charge in [0.25, 0.3) is 0 Å². The maximum Gasteiger partial charge on any atom is 0.156 e. The first-order valence-corrected chi connectivity index (χ1v) is 11.1. The average Bonchev–Trinajstić information content (AvgIpc) is 3.45. The van der Waals surface area contributed by atoms with Gasteiger partial charge in [-0.3, -0.25) is 0 Å². The SMILES string of the molecule is COCc1nccc(N2CCC(Oc3cccc4c3ccn4C3CCCC3)CC2)n1. The van der Waals surface area contributed by atoms with Crippen molar-refractivity contribution in [2.24, 2.45) is 0 Å². The van der Waals surface area contributed by atoms with E-state index in [4.69, 9.17) is 9.47 Å². The molecule has 2 fully saturated rings. The van der Waals surface area contributed by atoms with Crippen molar-refractivity contribution in [1.29, 1.82) is 0 Å². The summed E-state index contributed by atoms with van der Waals surface area (Å²) >= 11 is 0. The van der Waals surface area contributed by atoms with Crippen molar-refractivity contribution in [3.8, 4) is 5.75 Å². The summed E-state index contributed by atoms with van der Waals surface area (Å²) in [7, 11) is 1.67. The zero-order chi connectivity index (χ0) is 20.3. The van der Waals surface area contributed by atoms with Crippen LogP contribution in [-0.2, 0) is 11.3 Å². The van der Waals surface area contributed by atoms with Gasteiger partial charge in [-0.15, -0.1) is 0 Å². The van der Waals surface area contributed by atoms with Crippen molar-refractivity contribution in [2.45, 2.75) is 57.3 Å². The molecule has 1 aromatic carbocycles. The molecule has 0 atom stereocenters. The second-order valence-corrected chi connectivity index (χ2v) is 8.42. The van der Waals surface area contributed by atoms with Gasteiger partial charge in [-0.1, -0.05) is 18.9 Å². The second-order valence-electron chi connectivity index (χ2n) is 8.42. The molecule has 1 aliphatic carbocycles. The summed E-state index contributed by atoms with van der Waals surface area (Å²) in [4.78, 5) is 11.2. The molecule has 6 heteroatoms. The number of fused-ring (bicyclic) bond motifs is 1. The summed E-state index contributed by atoms with van der Waals surface area (Å²) in [5.74, 6) is 2.73. The predicted octanol–water partition coefficient (Wildman–Crippen LogP) is 4.74. The van der Waals surface area contributed by atoms with Gasteiger partial charge in [-0.05, 0) is 37.1 Å². The number of anilines is 1. The molecule has 3 aromatic rings. The Labute approximate surface area is 177 Å². The molecular weight excluding hydrogens is 376 g/mol. The fourth-order valence-corrected chi connectivity index (χ4v) is 4.91. The van der Waals surface area contributed by atoms with E-state index in [0.717, 1.165) is 43.3 Å². The van der Waals surface area contributed by atoms with Crippen LogP contribution in [0.25, 0.3) is 10.9 Å². The van der Waals surface area contributed by atoms with Crippen molar-refractivity contribution in [3.63, 3.8) is 0 Å². The molecule has 2 aromatic heterocycles. The van der Waals surface area contributed by atoms with Crippen LogP contribution in [0.1, 0.15) is 50.4 Å². The third kappa shape index (κ3) is 3.88. The number of aromatic nitrogens is 3. The van der Waals surface area contributed by atoms with Crippen molar-refractivity contribution < 1.29 is 9.47 Å². The third-order valence-electron chi connectivity index (χ3n) is 6.46. The zero-order valence-electron chi connectivity index (χ0n) is 17.7. The Balaban J connectivity index is 1.25. The molecule has 2 aliphatic rings. The lowest BCUT2D eigenvalue weighted by Gasteiger charge is -2.33. The Morgan fingerprint density at radius 1 is 1.03 bits per heavy atom. The van der Waals surface area contributed by atoms with Gasteiger partial charge >= 0.3 is 0 Å². The normalized spacial score (nSPS) is 18.4. The Morgan fingerprint density at radius 2 is 1.87 bits per heavy atom. The number of piperidine rings is 1. The van der Waals surface area contributed by atoms with Gasteiger partial charge < -0.3 is 18.9 Å². The summed E-state index contributed by atoms with van der Waals surface area (Å²) in [5.41, 5.74) is 1.31. The smallest absolute Gasteiger partial charge is 0.156 e. The molecule has 158 valence electrons. The predicted molar refractivity (Wildman–Crippen MR) is 118 cm³/mol. The molecule has 0 radical (unpaired) electrons. The highest BCUT2D eigenvalue weighted by Gasteiger charge is 2.23. The van der Waals surface area contributed by atoms with Crippen LogP contribution in [0.15, 0.2) is 42.7 Å². The average molecular weight is 407 g/mol. The van der Waals surface area contributed by atoms with Crippen LogP contribution in [0.3, 0.4) is 0 Å². The van der Waals surface area contributed by atoms with Crippen LogP contribution >= 0.6 is 0 Å². The number of hydrogen-bond donors (Lipinski definition) is 0. The standard InChI is InChI=1S/C24H30N4O2/c1-29-17-23-25-13-9-24(26-23)27-14-10-19(11-15-27)30-22-8-4-7-21-20(22)12-16-28(21)18-5-2-3-6-18/h4,7-9,12-13,16,18-19H,2-3,5-6,10-11,14-15,17H2,1H3. The number of ether oxygens (including phenoxy) is 2. The molecular formula is C24H30N4O2. The first kappa shape index (κ1) is 19.4. The van der Waals surface area contributed by atoms with Crippen LogP contribution < -0.4 is 9.64 Å². The van der Waals surface area contributed by atoms with Crippen LogP contribution in [-0.4, -0.2) is 40.8 Å². The molecule has 1 aliphatic heterocycles. The second kappa shape index (κ2) is 8.64. The monoisotopic (exact) mass is 406 g/mol. The van der Waals surface area contributed by atoms with Gasteiger partial charge in [0, 0.05) is 56.9 Å². The lowest BCUT2D eigenvalue weighted by atomic mass is 10.1. The molecule has 0 N–H and O–H groups in total. The number of benzene rings is 1. The van der Waals surface area contributed by atoms with Gasteiger partial charge in [0.1, 0.15) is 24.3 Å². The van der Waals surface area contributed by atoms with Gasteiger partial charge in [-0.2, -0.15) is 0 Å². The molecule has 1 saturated heterocycles. The van der Waals surface area contributed by atoms with Gasteiger partial charge in [0.2, 0.25) is 0 Å². The Morgan fingerprint density at radius 3 is 2.67 bits per heavy atom. The van der Waals surface area contributed by atoms with Gasteiger partial charge in [0.05, 0.1) is 5.52 Å². The summed E-state index contributed by atoms with van der Waals surface area (Å²) in [6.45, 7) is 2.32. The largest absolute Gasteiger partial charge is 0.490 e. The Hall–Kier alpha value is -2.60. The molecule has 0 unspecified atom stereocenters. The topological polar surface area (TPSA) is 52.4 Å². The van der Waals surface area contributed by atoms with Crippen LogP contribution in [0.5, 0.6) is 5.75 Å². The Bertz CT molecular complexity index is 988. The molecule has 0 bridgehead atoms. The lowest BCUT2D eigenvalue weighted by molar-refractivity contribution is 0.172. The van der Waals surface area contributed by atoms with E-state index in [1.54, 1.807) is 7.11 Å². The molecule has 1 saturated carbocycles. The van der Waals surface area contributed by atoms with Crippen LogP contribution in [0, 0.1) is 0 Å². The summed E-state index contributed by atoms with van der Waals surface area (Å²) in [5, 5.41) is 1.24. The van der Waals surface area contributed by atoms with Crippen molar-refractivity contribution >= 4 is 16.7 Å². The van der Waals surface area contributed by atoms with Crippen molar-refractivity contribution in [2.75, 3.05) is 25.1 Å². The summed E-state index contributed by atoms with van der Waals surface area (Å²) in [6, 6.07) is 11.3. The molecule has 3 heterocycles. The number of methoxy groups -OCH3 is 1. The summed E-state index contributed by atoms with van der Waals surface area (Å²) < 4.78 is 14.1. The van der Waals surface area contributed by atoms with E-state index >= 15 is 0 Å². The van der Waals surface area contributed by atoms with E-state index in [1.807, 2.05) is 12.3 Å². The molecule has 0 spiro atoms. The summed E-state index contributed by atoms with van der Waals surface area (Å²) in [6.07, 6.45) is 11.6. The minimum atomic E-state index is 0.238. The van der Waals surface area contributed by atoms with E-state index < -0.39 is 0 Å². The highest BCUT2D eigenvalue weighted by molar-refractivity contribution is 5.86. The molecule has 5 rings (SSSR count). The minimum Gasteiger partial charge on any atom is -0.490 e. The first-order valence-electron chi connectivity index (χ1n) is 11.1. The van der Waals surface area contributed by atoms with Crippen molar-refractivity contribution in [3.05, 3.63) is 48.5 Å². The maximum atomic E-state index is 6.50. The van der Waals surface area contributed by atoms with E-state index in [0.29, 0.717) is 12.6 Å². The highest BCUT2D eigenvalue weighted by atomic mass is 16.5. The minimum absolute atomic E-state index is 0.238. The molecule has 0 amide bonds. The van der Waals surface area contributed by atoms with E-state index in [9.17, 15) is 0 Å². The molecule has 30 heavy (non-hydrogen) atoms. The fraction of sp³-hybridized carbons (Fsp3) is 0.500. The quantitative estimate of drug-likeness (QED) is 0.592. The first-order chi connectivity index (χ1) is 14.8. The highest BCUT2D eigenvalue weighted by Crippen LogP contribution is 2.36. The molecule has 6 nitrogen and oxygen atoms in total. The zero-order valence-corrected chi connectivity index (χ0v) is 17.7. The van der Waals surface area contributed by atoms with Gasteiger partial charge in [0.15, 0.2) is 5.82 Å². The lowest BCUT2D eigenvalue weighted by Crippen LogP contribution is -2.38. The van der Waals surface area contributed by atoms with E-state index in [2.05, 4.69) is 49.9 Å². The van der Waals surface area contributed by atoms with Crippen LogP contribution in [0.2, 0.25) is 0 Å². The number of nitrogens with zero attached hydrogens (tertiary/aromatic N) is 4. The third-order valence-corrected chi connectivity index (χ3v) is 6.46.